The van der Waals surface area contributed by atoms with Gasteiger partial charge in [0.15, 0.2) is 0 Å². The molecular weight excluding hydrogens is 250 g/mol. The summed E-state index contributed by atoms with van der Waals surface area (Å²) in [4.78, 5) is 36.6. The van der Waals surface area contributed by atoms with E-state index in [1.807, 2.05) is 13.0 Å². The fraction of sp³-hybridized carbons (Fsp3) is 0.615. The molecule has 0 spiro atoms. The van der Waals surface area contributed by atoms with Crippen LogP contribution < -0.4 is 0 Å². The normalized spacial score (nSPS) is 26.7. The van der Waals surface area contributed by atoms with Crippen molar-refractivity contribution in [3.63, 3.8) is 0 Å². The summed E-state index contributed by atoms with van der Waals surface area (Å²) in [5, 5.41) is 0. The van der Waals surface area contributed by atoms with Gasteiger partial charge in [-0.2, -0.15) is 0 Å². The van der Waals surface area contributed by atoms with Crippen LogP contribution in [0.2, 0.25) is 0 Å². The Hall–Kier alpha value is -1.85. The second-order valence-electron chi connectivity index (χ2n) is 4.83. The fourth-order valence-electron chi connectivity index (χ4n) is 2.53. The molecule has 0 aromatic rings. The third-order valence-electron chi connectivity index (χ3n) is 3.60. The molecule has 2 rings (SSSR count). The van der Waals surface area contributed by atoms with E-state index in [2.05, 4.69) is 0 Å². The predicted octanol–water partition coefficient (Wildman–Crippen LogP) is 1.11. The van der Waals surface area contributed by atoms with Crippen molar-refractivity contribution >= 4 is 18.0 Å². The van der Waals surface area contributed by atoms with Crippen molar-refractivity contribution in [2.24, 2.45) is 11.8 Å². The molecule has 0 radical (unpaired) electrons. The molecule has 104 valence electrons. The van der Waals surface area contributed by atoms with Gasteiger partial charge in [0, 0.05) is 0 Å². The molecule has 0 N–H and O–H groups in total. The molecule has 0 aromatic carbocycles. The zero-order chi connectivity index (χ0) is 14.0. The quantitative estimate of drug-likeness (QED) is 0.553. The summed E-state index contributed by atoms with van der Waals surface area (Å²) in [5.74, 6) is -1.81. The average Bonchev–Trinajstić information content (AvgIpc) is 2.83. The Labute approximate surface area is 111 Å². The molecule has 2 atom stereocenters. The molecule has 1 aliphatic heterocycles. The lowest BCUT2D eigenvalue weighted by Gasteiger charge is -2.29. The molecule has 1 aliphatic carbocycles. The van der Waals surface area contributed by atoms with Crippen LogP contribution in [0.15, 0.2) is 11.6 Å². The maximum absolute atomic E-state index is 12.3. The lowest BCUT2D eigenvalue weighted by molar-refractivity contribution is -0.152. The maximum atomic E-state index is 12.3. The Kier molecular flexibility index (Phi) is 3.87. The number of nitrogens with zero attached hydrogens (tertiary/aromatic N) is 1. The number of hydrogen-bond donors (Lipinski definition) is 0. The standard InChI is InChI=1S/C13H17NO5/c1-8-3-4-9(10(7-8)12(16)18-2)11(15)14-5-6-19-13(14)17/h3,9-10H,4-7H2,1-2H3/t9-,10-/m1/s1. The smallest absolute Gasteiger partial charge is 0.416 e. The Morgan fingerprint density at radius 2 is 2.16 bits per heavy atom. The lowest BCUT2D eigenvalue weighted by atomic mass is 9.79. The highest BCUT2D eigenvalue weighted by Gasteiger charge is 2.41. The van der Waals surface area contributed by atoms with Crippen molar-refractivity contribution in [3.8, 4) is 0 Å². The minimum Gasteiger partial charge on any atom is -0.469 e. The van der Waals surface area contributed by atoms with Gasteiger partial charge in [0.05, 0.1) is 25.5 Å². The van der Waals surface area contributed by atoms with Crippen molar-refractivity contribution in [2.45, 2.75) is 19.8 Å². The highest BCUT2D eigenvalue weighted by Crippen LogP contribution is 2.32. The number of allylic oxidation sites excluding steroid dienone is 2. The van der Waals surface area contributed by atoms with E-state index in [-0.39, 0.29) is 19.1 Å². The largest absolute Gasteiger partial charge is 0.469 e. The molecule has 19 heavy (non-hydrogen) atoms. The molecule has 1 fully saturated rings. The van der Waals surface area contributed by atoms with Gasteiger partial charge in [-0.15, -0.1) is 0 Å². The first kappa shape index (κ1) is 13.6. The molecule has 6 nitrogen and oxygen atoms in total. The highest BCUT2D eigenvalue weighted by atomic mass is 16.6. The first-order valence-corrected chi connectivity index (χ1v) is 6.26. The zero-order valence-corrected chi connectivity index (χ0v) is 11.0. The number of esters is 1. The fourth-order valence-corrected chi connectivity index (χ4v) is 2.53. The average molecular weight is 267 g/mol. The summed E-state index contributed by atoms with van der Waals surface area (Å²) in [5.41, 5.74) is 1.06. The van der Waals surface area contributed by atoms with Crippen LogP contribution >= 0.6 is 0 Å². The topological polar surface area (TPSA) is 72.9 Å². The second kappa shape index (κ2) is 5.42. The summed E-state index contributed by atoms with van der Waals surface area (Å²) >= 11 is 0. The van der Waals surface area contributed by atoms with Gasteiger partial charge < -0.3 is 9.47 Å². The summed E-state index contributed by atoms with van der Waals surface area (Å²) in [7, 11) is 1.31. The van der Waals surface area contributed by atoms with Gasteiger partial charge in [-0.1, -0.05) is 11.6 Å². The molecule has 2 amide bonds. The summed E-state index contributed by atoms with van der Waals surface area (Å²) in [6, 6.07) is 0. The van der Waals surface area contributed by atoms with Crippen LogP contribution in [0, 0.1) is 11.8 Å². The van der Waals surface area contributed by atoms with Crippen molar-refractivity contribution in [3.05, 3.63) is 11.6 Å². The van der Waals surface area contributed by atoms with Crippen molar-refractivity contribution < 1.29 is 23.9 Å². The number of carbonyl (C=O) groups excluding carboxylic acids is 3. The van der Waals surface area contributed by atoms with Crippen LogP contribution in [0.1, 0.15) is 19.8 Å². The predicted molar refractivity (Wildman–Crippen MR) is 65.0 cm³/mol. The number of cyclic esters (lactones) is 1. The van der Waals surface area contributed by atoms with E-state index < -0.39 is 23.9 Å². The monoisotopic (exact) mass is 267 g/mol. The van der Waals surface area contributed by atoms with E-state index in [0.29, 0.717) is 12.8 Å². The number of methoxy groups -OCH3 is 1. The molecule has 1 saturated heterocycles. The van der Waals surface area contributed by atoms with Gasteiger partial charge in [0.2, 0.25) is 5.91 Å². The van der Waals surface area contributed by atoms with Crippen LogP contribution in [0.5, 0.6) is 0 Å². The van der Waals surface area contributed by atoms with Crippen LogP contribution in [-0.2, 0) is 19.1 Å². The van der Waals surface area contributed by atoms with Gasteiger partial charge in [-0.05, 0) is 19.8 Å². The first-order chi connectivity index (χ1) is 9.04. The summed E-state index contributed by atoms with van der Waals surface area (Å²) in [6.45, 7) is 2.39. The molecule has 0 aromatic heterocycles. The molecule has 6 heteroatoms. The van der Waals surface area contributed by atoms with E-state index in [9.17, 15) is 14.4 Å². The number of ether oxygens (including phenoxy) is 2. The van der Waals surface area contributed by atoms with Gasteiger partial charge in [-0.25, -0.2) is 9.69 Å². The Morgan fingerprint density at radius 1 is 1.42 bits per heavy atom. The highest BCUT2D eigenvalue weighted by molar-refractivity contribution is 5.96. The van der Waals surface area contributed by atoms with Gasteiger partial charge >= 0.3 is 12.1 Å². The summed E-state index contributed by atoms with van der Waals surface area (Å²) < 4.78 is 9.51. The Balaban J connectivity index is 2.18. The number of amides is 2. The summed E-state index contributed by atoms with van der Waals surface area (Å²) in [6.07, 6.45) is 2.25. The van der Waals surface area contributed by atoms with Crippen molar-refractivity contribution in [1.29, 1.82) is 0 Å². The third-order valence-corrected chi connectivity index (χ3v) is 3.60. The molecule has 2 aliphatic rings. The van der Waals surface area contributed by atoms with E-state index in [1.54, 1.807) is 0 Å². The van der Waals surface area contributed by atoms with Gasteiger partial charge in [-0.3, -0.25) is 9.59 Å². The van der Waals surface area contributed by atoms with Gasteiger partial charge in [0.25, 0.3) is 0 Å². The molecule has 0 saturated carbocycles. The molecule has 0 bridgehead atoms. The van der Waals surface area contributed by atoms with Crippen LogP contribution in [-0.4, -0.2) is 43.1 Å². The van der Waals surface area contributed by atoms with E-state index in [1.165, 1.54) is 7.11 Å². The SMILES string of the molecule is COC(=O)[C@@H]1CC(C)=CC[C@H]1C(=O)N1CCOC1=O. The number of carbonyl (C=O) groups is 3. The minimum absolute atomic E-state index is 0.217. The molecule has 0 unspecified atom stereocenters. The van der Waals surface area contributed by atoms with Crippen molar-refractivity contribution in [2.75, 3.05) is 20.3 Å². The number of imide groups is 1. The Bertz CT molecular complexity index is 442. The third kappa shape index (κ3) is 2.62. The van der Waals surface area contributed by atoms with Gasteiger partial charge in [0.1, 0.15) is 6.61 Å². The molecule has 1 heterocycles. The zero-order valence-electron chi connectivity index (χ0n) is 11.0. The van der Waals surface area contributed by atoms with Crippen molar-refractivity contribution in [1.82, 2.24) is 4.90 Å². The Morgan fingerprint density at radius 3 is 2.74 bits per heavy atom. The first-order valence-electron chi connectivity index (χ1n) is 6.26. The van der Waals surface area contributed by atoms with Crippen LogP contribution in [0.25, 0.3) is 0 Å². The second-order valence-corrected chi connectivity index (χ2v) is 4.83. The maximum Gasteiger partial charge on any atom is 0.416 e. The molecular formula is C13H17NO5. The lowest BCUT2D eigenvalue weighted by Crippen LogP contribution is -2.42. The number of rotatable bonds is 2. The van der Waals surface area contributed by atoms with E-state index in [0.717, 1.165) is 10.5 Å². The minimum atomic E-state index is -0.625. The van der Waals surface area contributed by atoms with E-state index in [4.69, 9.17) is 9.47 Å². The number of hydrogen-bond acceptors (Lipinski definition) is 5. The van der Waals surface area contributed by atoms with Crippen LogP contribution in [0.4, 0.5) is 4.79 Å². The van der Waals surface area contributed by atoms with E-state index >= 15 is 0 Å². The van der Waals surface area contributed by atoms with Crippen LogP contribution in [0.3, 0.4) is 0 Å².